The molecule has 160 valence electrons. The highest BCUT2D eigenvalue weighted by Crippen LogP contribution is 2.22. The first kappa shape index (κ1) is 22.0. The van der Waals surface area contributed by atoms with Gasteiger partial charge in [-0.2, -0.15) is 4.99 Å². The second kappa shape index (κ2) is 9.41. The van der Waals surface area contributed by atoms with Crippen LogP contribution in [-0.4, -0.2) is 52.6 Å². The van der Waals surface area contributed by atoms with Crippen LogP contribution in [0, 0.1) is 0 Å². The van der Waals surface area contributed by atoms with Crippen molar-refractivity contribution in [2.45, 2.75) is 11.4 Å². The molecule has 2 aromatic carbocycles. The van der Waals surface area contributed by atoms with Crippen LogP contribution in [0.5, 0.6) is 11.5 Å². The summed E-state index contributed by atoms with van der Waals surface area (Å²) in [5.41, 5.74) is 0.782. The van der Waals surface area contributed by atoms with Crippen molar-refractivity contribution >= 4 is 37.3 Å². The lowest BCUT2D eigenvalue weighted by Gasteiger charge is -2.06. The van der Waals surface area contributed by atoms with Crippen LogP contribution in [0.3, 0.4) is 0 Å². The van der Waals surface area contributed by atoms with Crippen LogP contribution in [0.2, 0.25) is 0 Å². The van der Waals surface area contributed by atoms with Gasteiger partial charge in [-0.3, -0.25) is 4.79 Å². The van der Waals surface area contributed by atoms with E-state index in [0.29, 0.717) is 34.2 Å². The van der Waals surface area contributed by atoms with E-state index in [4.69, 9.17) is 14.2 Å². The number of aromatic nitrogens is 1. The molecular formula is C20H22N2O6S2. The van der Waals surface area contributed by atoms with E-state index in [2.05, 4.69) is 4.99 Å². The summed E-state index contributed by atoms with van der Waals surface area (Å²) in [5, 5.41) is 0. The Morgan fingerprint density at radius 3 is 2.60 bits per heavy atom. The molecule has 0 atom stereocenters. The predicted octanol–water partition coefficient (Wildman–Crippen LogP) is 2.27. The molecule has 0 saturated heterocycles. The average Bonchev–Trinajstić information content (AvgIpc) is 3.06. The second-order valence-corrected chi connectivity index (χ2v) is 9.43. The van der Waals surface area contributed by atoms with Crippen LogP contribution in [0.4, 0.5) is 0 Å². The molecule has 1 aromatic heterocycles. The van der Waals surface area contributed by atoms with Crippen LogP contribution in [0.25, 0.3) is 10.2 Å². The van der Waals surface area contributed by atoms with Gasteiger partial charge in [-0.05, 0) is 30.3 Å². The van der Waals surface area contributed by atoms with Gasteiger partial charge in [0.25, 0.3) is 5.91 Å². The number of rotatable bonds is 8. The third-order valence-electron chi connectivity index (χ3n) is 4.23. The molecule has 0 spiro atoms. The van der Waals surface area contributed by atoms with Crippen molar-refractivity contribution in [2.75, 3.05) is 33.7 Å². The lowest BCUT2D eigenvalue weighted by Crippen LogP contribution is -2.21. The van der Waals surface area contributed by atoms with Gasteiger partial charge in [0.1, 0.15) is 11.5 Å². The van der Waals surface area contributed by atoms with Crippen molar-refractivity contribution in [1.29, 1.82) is 0 Å². The largest absolute Gasteiger partial charge is 0.497 e. The minimum Gasteiger partial charge on any atom is -0.497 e. The zero-order valence-corrected chi connectivity index (χ0v) is 18.5. The molecule has 0 unspecified atom stereocenters. The molecule has 0 saturated carbocycles. The maximum absolute atomic E-state index is 12.4. The van der Waals surface area contributed by atoms with Crippen LogP contribution in [0.15, 0.2) is 52.4 Å². The first-order chi connectivity index (χ1) is 14.3. The van der Waals surface area contributed by atoms with E-state index in [1.807, 2.05) is 4.57 Å². The number of nitrogens with zero attached hydrogens (tertiary/aromatic N) is 2. The lowest BCUT2D eigenvalue weighted by atomic mass is 10.3. The van der Waals surface area contributed by atoms with Gasteiger partial charge in [0.05, 0.1) is 28.8 Å². The molecule has 0 N–H and O–H groups in total. The number of fused-ring (bicyclic) bond motifs is 1. The molecule has 8 nitrogen and oxygen atoms in total. The maximum Gasteiger partial charge on any atom is 0.286 e. The van der Waals surface area contributed by atoms with E-state index < -0.39 is 15.7 Å². The third kappa shape index (κ3) is 5.26. The average molecular weight is 451 g/mol. The summed E-state index contributed by atoms with van der Waals surface area (Å²) < 4.78 is 42.1. The summed E-state index contributed by atoms with van der Waals surface area (Å²) in [6.45, 7) is 0.652. The normalized spacial score (nSPS) is 12.3. The SMILES string of the molecule is COCCn1c(=NC(=O)COc2cccc(OC)c2)sc2cc(S(C)(=O)=O)ccc21. The second-order valence-electron chi connectivity index (χ2n) is 6.40. The number of carbonyl (C=O) groups excluding carboxylic acids is 1. The molecular weight excluding hydrogens is 428 g/mol. The van der Waals surface area contributed by atoms with Gasteiger partial charge in [0.2, 0.25) is 0 Å². The highest BCUT2D eigenvalue weighted by Gasteiger charge is 2.13. The fourth-order valence-corrected chi connectivity index (χ4v) is 4.58. The number of carbonyl (C=O) groups is 1. The molecule has 3 rings (SSSR count). The number of ether oxygens (including phenoxy) is 3. The molecule has 1 amide bonds. The quantitative estimate of drug-likeness (QED) is 0.522. The zero-order valence-electron chi connectivity index (χ0n) is 16.8. The maximum atomic E-state index is 12.4. The van der Waals surface area contributed by atoms with Crippen molar-refractivity contribution in [3.63, 3.8) is 0 Å². The summed E-state index contributed by atoms with van der Waals surface area (Å²) in [4.78, 5) is 17.3. The first-order valence-electron chi connectivity index (χ1n) is 8.98. The van der Waals surface area contributed by atoms with E-state index in [9.17, 15) is 13.2 Å². The van der Waals surface area contributed by atoms with Crippen molar-refractivity contribution in [3.8, 4) is 11.5 Å². The van der Waals surface area contributed by atoms with E-state index in [1.165, 1.54) is 11.3 Å². The van der Waals surface area contributed by atoms with E-state index >= 15 is 0 Å². The summed E-state index contributed by atoms with van der Waals surface area (Å²) in [5.74, 6) is 0.665. The minimum absolute atomic E-state index is 0.217. The van der Waals surface area contributed by atoms with E-state index in [0.717, 1.165) is 11.8 Å². The topological polar surface area (TPSA) is 96.2 Å². The third-order valence-corrected chi connectivity index (χ3v) is 6.38. The number of amides is 1. The highest BCUT2D eigenvalue weighted by atomic mass is 32.2. The van der Waals surface area contributed by atoms with E-state index in [1.54, 1.807) is 56.7 Å². The van der Waals surface area contributed by atoms with E-state index in [-0.39, 0.29) is 11.5 Å². The van der Waals surface area contributed by atoms with Crippen molar-refractivity contribution in [3.05, 3.63) is 47.3 Å². The smallest absolute Gasteiger partial charge is 0.286 e. The van der Waals surface area contributed by atoms with Crippen molar-refractivity contribution in [2.24, 2.45) is 4.99 Å². The van der Waals surface area contributed by atoms with Gasteiger partial charge in [-0.15, -0.1) is 0 Å². The number of methoxy groups -OCH3 is 2. The summed E-state index contributed by atoms with van der Waals surface area (Å²) >= 11 is 1.24. The summed E-state index contributed by atoms with van der Waals surface area (Å²) in [6.07, 6.45) is 1.16. The molecule has 3 aromatic rings. The molecule has 10 heteroatoms. The number of thiazole rings is 1. The van der Waals surface area contributed by atoms with Crippen LogP contribution in [0.1, 0.15) is 0 Å². The highest BCUT2D eigenvalue weighted by molar-refractivity contribution is 7.90. The van der Waals surface area contributed by atoms with Crippen LogP contribution < -0.4 is 14.3 Å². The molecule has 0 radical (unpaired) electrons. The number of sulfone groups is 1. The molecule has 0 aliphatic rings. The first-order valence-corrected chi connectivity index (χ1v) is 11.7. The van der Waals surface area contributed by atoms with Gasteiger partial charge in [-0.25, -0.2) is 8.42 Å². The Balaban J connectivity index is 1.91. The molecule has 30 heavy (non-hydrogen) atoms. The Morgan fingerprint density at radius 2 is 1.90 bits per heavy atom. The lowest BCUT2D eigenvalue weighted by molar-refractivity contribution is -0.120. The number of benzene rings is 2. The standard InChI is InChI=1S/C20H22N2O6S2/c1-26-10-9-22-17-8-7-16(30(3,24)25)12-18(17)29-20(22)21-19(23)13-28-15-6-4-5-14(11-15)27-2/h4-8,11-12H,9-10,13H2,1-3H3. The Bertz CT molecular complexity index is 1230. The van der Waals surface area contributed by atoms with Crippen molar-refractivity contribution < 1.29 is 27.4 Å². The molecule has 0 fully saturated rings. The van der Waals surface area contributed by atoms with Gasteiger partial charge in [0.15, 0.2) is 21.2 Å². The minimum atomic E-state index is -3.34. The predicted molar refractivity (Wildman–Crippen MR) is 114 cm³/mol. The monoisotopic (exact) mass is 450 g/mol. The molecule has 1 heterocycles. The van der Waals surface area contributed by atoms with Gasteiger partial charge < -0.3 is 18.8 Å². The van der Waals surface area contributed by atoms with Gasteiger partial charge in [0, 0.05) is 26.0 Å². The Hall–Kier alpha value is -2.69. The Labute approximate surface area is 178 Å². The Kier molecular flexibility index (Phi) is 6.91. The van der Waals surface area contributed by atoms with Gasteiger partial charge >= 0.3 is 0 Å². The van der Waals surface area contributed by atoms with Crippen LogP contribution in [-0.2, 0) is 25.9 Å². The fraction of sp³-hybridized carbons (Fsp3) is 0.300. The summed E-state index contributed by atoms with van der Waals surface area (Å²) in [7, 11) is -0.203. The van der Waals surface area contributed by atoms with Crippen molar-refractivity contribution in [1.82, 2.24) is 4.57 Å². The molecule has 0 bridgehead atoms. The van der Waals surface area contributed by atoms with Crippen LogP contribution >= 0.6 is 11.3 Å². The molecule has 0 aliphatic carbocycles. The molecule has 0 aliphatic heterocycles. The zero-order chi connectivity index (χ0) is 21.7. The summed E-state index contributed by atoms with van der Waals surface area (Å²) in [6, 6.07) is 11.8. The number of hydrogen-bond acceptors (Lipinski definition) is 7. The Morgan fingerprint density at radius 1 is 1.13 bits per heavy atom. The van der Waals surface area contributed by atoms with Gasteiger partial charge in [-0.1, -0.05) is 17.4 Å². The number of hydrogen-bond donors (Lipinski definition) is 0. The fourth-order valence-electron chi connectivity index (χ4n) is 2.74.